The molecule has 5 rings (SSSR count). The van der Waals surface area contributed by atoms with E-state index < -0.39 is 40.9 Å². The van der Waals surface area contributed by atoms with Gasteiger partial charge in [0, 0.05) is 29.7 Å². The first kappa shape index (κ1) is 29.4. The van der Waals surface area contributed by atoms with Gasteiger partial charge in [-0.05, 0) is 68.1 Å². The molecule has 0 aliphatic heterocycles. The fourth-order valence-corrected chi connectivity index (χ4v) is 8.42. The van der Waals surface area contributed by atoms with Gasteiger partial charge in [0.25, 0.3) is 0 Å². The van der Waals surface area contributed by atoms with E-state index in [1.165, 1.54) is 0 Å². The van der Waals surface area contributed by atoms with Crippen molar-refractivity contribution in [3.05, 3.63) is 59.7 Å². The number of benzene rings is 1. The summed E-state index contributed by atoms with van der Waals surface area (Å²) in [6.45, 7) is 3.87. The van der Waals surface area contributed by atoms with Gasteiger partial charge in [0.15, 0.2) is 12.4 Å². The van der Waals surface area contributed by atoms with E-state index in [-0.39, 0.29) is 55.1 Å². The third kappa shape index (κ3) is 5.32. The molecule has 4 aliphatic carbocycles. The second kappa shape index (κ2) is 11.3. The first-order valence-electron chi connectivity index (χ1n) is 14.8. The molecule has 4 unspecified atom stereocenters. The van der Waals surface area contributed by atoms with E-state index in [9.17, 15) is 29.4 Å². The van der Waals surface area contributed by atoms with E-state index in [0.717, 1.165) is 24.0 Å². The summed E-state index contributed by atoms with van der Waals surface area (Å²) in [5, 5.41) is 26.1. The van der Waals surface area contributed by atoms with Crippen molar-refractivity contribution in [1.29, 1.82) is 0 Å². The Bertz CT molecular complexity index is 1270. The predicted molar refractivity (Wildman–Crippen MR) is 151 cm³/mol. The molecule has 0 heterocycles. The number of aliphatic hydroxyl groups is 2. The lowest BCUT2D eigenvalue weighted by molar-refractivity contribution is -0.181. The largest absolute Gasteiger partial charge is 0.458 e. The number of carbonyl (C=O) groups is 4. The second-order valence-electron chi connectivity index (χ2n) is 12.8. The monoisotopic (exact) mass is 563 g/mol. The number of rotatable bonds is 9. The van der Waals surface area contributed by atoms with Crippen LogP contribution in [0.3, 0.4) is 0 Å². The molecule has 41 heavy (non-hydrogen) atoms. The van der Waals surface area contributed by atoms with Gasteiger partial charge in [-0.2, -0.15) is 0 Å². The third-order valence-corrected chi connectivity index (χ3v) is 10.6. The number of amides is 1. The molecule has 1 amide bonds. The SMILES string of the molecule is C[C@]12C=CC(=O)C=C1CCC1C2C(O)C[C@@]2(C)C1CC[C@]2(O)C(=O)COC(=O)CCC(=O)NCCc1ccccc1. The minimum Gasteiger partial charge on any atom is -0.458 e. The highest BCUT2D eigenvalue weighted by atomic mass is 16.5. The number of ether oxygens (including phenoxy) is 1. The number of aliphatic hydroxyl groups excluding tert-OH is 1. The predicted octanol–water partition coefficient (Wildman–Crippen LogP) is 3.25. The van der Waals surface area contributed by atoms with Gasteiger partial charge in [0.05, 0.1) is 12.5 Å². The highest BCUT2D eigenvalue weighted by Crippen LogP contribution is 2.67. The molecule has 0 spiro atoms. The molecule has 0 aromatic heterocycles. The second-order valence-corrected chi connectivity index (χ2v) is 12.8. The average Bonchev–Trinajstić information content (AvgIpc) is 3.22. The van der Waals surface area contributed by atoms with Gasteiger partial charge in [-0.3, -0.25) is 19.2 Å². The maximum atomic E-state index is 13.4. The van der Waals surface area contributed by atoms with E-state index in [1.807, 2.05) is 43.3 Å². The van der Waals surface area contributed by atoms with Crippen molar-refractivity contribution < 1.29 is 34.1 Å². The van der Waals surface area contributed by atoms with E-state index in [0.29, 0.717) is 19.4 Å². The van der Waals surface area contributed by atoms with Crippen LogP contribution in [0.4, 0.5) is 0 Å². The van der Waals surface area contributed by atoms with E-state index >= 15 is 0 Å². The quantitative estimate of drug-likeness (QED) is 0.393. The smallest absolute Gasteiger partial charge is 0.306 e. The number of allylic oxidation sites excluding steroid dienone is 4. The number of hydrogen-bond donors (Lipinski definition) is 3. The Morgan fingerprint density at radius 2 is 1.85 bits per heavy atom. The first-order chi connectivity index (χ1) is 19.5. The van der Waals surface area contributed by atoms with Gasteiger partial charge in [-0.15, -0.1) is 0 Å². The third-order valence-electron chi connectivity index (χ3n) is 10.6. The molecule has 3 N–H and O–H groups in total. The van der Waals surface area contributed by atoms with Crippen LogP contribution in [0.25, 0.3) is 0 Å². The van der Waals surface area contributed by atoms with Crippen LogP contribution in [0.2, 0.25) is 0 Å². The first-order valence-corrected chi connectivity index (χ1v) is 14.8. The van der Waals surface area contributed by atoms with Crippen LogP contribution in [-0.4, -0.2) is 58.5 Å². The zero-order valence-electron chi connectivity index (χ0n) is 23.9. The van der Waals surface area contributed by atoms with Crippen LogP contribution in [0.15, 0.2) is 54.1 Å². The Morgan fingerprint density at radius 3 is 2.61 bits per heavy atom. The molecular weight excluding hydrogens is 522 g/mol. The van der Waals surface area contributed by atoms with Gasteiger partial charge >= 0.3 is 5.97 Å². The molecule has 3 saturated carbocycles. The van der Waals surface area contributed by atoms with Gasteiger partial charge < -0.3 is 20.3 Å². The van der Waals surface area contributed by atoms with Crippen LogP contribution >= 0.6 is 0 Å². The molecule has 8 heteroatoms. The number of hydrogen-bond acceptors (Lipinski definition) is 7. The van der Waals surface area contributed by atoms with Crippen LogP contribution < -0.4 is 5.32 Å². The van der Waals surface area contributed by atoms with Crippen LogP contribution in [0.5, 0.6) is 0 Å². The van der Waals surface area contributed by atoms with Crippen molar-refractivity contribution in [3.63, 3.8) is 0 Å². The molecule has 0 bridgehead atoms. The lowest BCUT2D eigenvalue weighted by Gasteiger charge is -2.59. The van der Waals surface area contributed by atoms with E-state index in [1.54, 1.807) is 12.2 Å². The van der Waals surface area contributed by atoms with Gasteiger partial charge in [-0.25, -0.2) is 0 Å². The van der Waals surface area contributed by atoms with Crippen molar-refractivity contribution >= 4 is 23.4 Å². The Kier molecular flexibility index (Phi) is 8.09. The average molecular weight is 564 g/mol. The summed E-state index contributed by atoms with van der Waals surface area (Å²) in [6, 6.07) is 9.76. The lowest BCUT2D eigenvalue weighted by atomic mass is 9.46. The summed E-state index contributed by atoms with van der Waals surface area (Å²) in [5.41, 5.74) is -0.842. The van der Waals surface area contributed by atoms with Gasteiger partial charge in [0.2, 0.25) is 11.7 Å². The van der Waals surface area contributed by atoms with E-state index in [2.05, 4.69) is 12.2 Å². The number of nitrogens with one attached hydrogen (secondary N) is 1. The number of esters is 1. The Morgan fingerprint density at radius 1 is 1.10 bits per heavy atom. The summed E-state index contributed by atoms with van der Waals surface area (Å²) >= 11 is 0. The van der Waals surface area contributed by atoms with Gasteiger partial charge in [-0.1, -0.05) is 55.8 Å². The number of carbonyl (C=O) groups excluding carboxylic acids is 4. The summed E-state index contributed by atoms with van der Waals surface area (Å²) in [7, 11) is 0. The van der Waals surface area contributed by atoms with Crippen molar-refractivity contribution in [3.8, 4) is 0 Å². The zero-order chi connectivity index (χ0) is 29.4. The molecular formula is C33H41NO7. The van der Waals surface area contributed by atoms with Crippen LogP contribution in [0, 0.1) is 28.6 Å². The molecule has 4 aliphatic rings. The maximum Gasteiger partial charge on any atom is 0.306 e. The Labute approximate surface area is 241 Å². The number of fused-ring (bicyclic) bond motifs is 5. The molecule has 1 aromatic carbocycles. The fourth-order valence-electron chi connectivity index (χ4n) is 8.42. The maximum absolute atomic E-state index is 13.4. The number of Topliss-reactive ketones (excluding diaryl/α,β-unsaturated/α-hetero) is 1. The highest BCUT2D eigenvalue weighted by Gasteiger charge is 2.68. The molecule has 8 nitrogen and oxygen atoms in total. The fraction of sp³-hybridized carbons (Fsp3) is 0.576. The van der Waals surface area contributed by atoms with Crippen molar-refractivity contribution in [2.45, 2.75) is 76.9 Å². The molecule has 7 atom stereocenters. The summed E-state index contributed by atoms with van der Waals surface area (Å²) < 4.78 is 5.22. The van der Waals surface area contributed by atoms with E-state index in [4.69, 9.17) is 4.74 Å². The molecule has 220 valence electrons. The summed E-state index contributed by atoms with van der Waals surface area (Å²) in [6.07, 6.45) is 7.63. The minimum absolute atomic E-state index is 0.0181. The highest BCUT2D eigenvalue weighted by molar-refractivity contribution is 6.01. The van der Waals surface area contributed by atoms with Crippen molar-refractivity contribution in [2.75, 3.05) is 13.2 Å². The Hall–Kier alpha value is -3.10. The van der Waals surface area contributed by atoms with Crippen LogP contribution in [0.1, 0.15) is 64.4 Å². The summed E-state index contributed by atoms with van der Waals surface area (Å²) in [5.74, 6) is -1.50. The molecule has 0 saturated heterocycles. The van der Waals surface area contributed by atoms with Gasteiger partial charge in [0.1, 0.15) is 5.60 Å². The Balaban J connectivity index is 1.15. The molecule has 1 aromatic rings. The topological polar surface area (TPSA) is 130 Å². The lowest BCUT2D eigenvalue weighted by Crippen LogP contribution is -2.61. The zero-order valence-corrected chi connectivity index (χ0v) is 23.9. The van der Waals surface area contributed by atoms with Crippen molar-refractivity contribution in [1.82, 2.24) is 5.32 Å². The summed E-state index contributed by atoms with van der Waals surface area (Å²) in [4.78, 5) is 49.9. The molecule has 0 radical (unpaired) electrons. The standard InChI is InChI=1S/C33H41NO7/c1-31-15-12-23(35)18-22(31)8-9-24-25-13-16-33(40,32(25,2)19-26(36)30(24)31)27(37)20-41-29(39)11-10-28(38)34-17-14-21-6-4-3-5-7-21/h3-7,12,15,18,24-26,30,36,40H,8-11,13-14,16-17,19-20H2,1-2H3,(H,34,38)/t24?,25?,26?,30?,31-,32-,33-/m0/s1. The van der Waals surface area contributed by atoms with Crippen molar-refractivity contribution in [2.24, 2.45) is 28.6 Å². The molecule has 3 fully saturated rings. The van der Waals surface area contributed by atoms with Crippen LogP contribution in [-0.2, 0) is 30.3 Å². The number of ketones is 2. The minimum atomic E-state index is -1.71. The normalized spacial score (nSPS) is 35.5.